The van der Waals surface area contributed by atoms with Gasteiger partial charge in [-0.05, 0) is 60.5 Å². The van der Waals surface area contributed by atoms with Gasteiger partial charge in [0.1, 0.15) is 5.82 Å². The highest BCUT2D eigenvalue weighted by molar-refractivity contribution is 5.95. The van der Waals surface area contributed by atoms with Crippen LogP contribution >= 0.6 is 0 Å². The third kappa shape index (κ3) is 7.11. The molecule has 0 aliphatic carbocycles. The quantitative estimate of drug-likeness (QED) is 0.416. The number of urea groups is 1. The number of nitrogens with one attached hydrogen (secondary N) is 3. The zero-order valence-corrected chi connectivity index (χ0v) is 21.0. The number of nitrogens with zero attached hydrogens (tertiary/aromatic N) is 3. The Balaban J connectivity index is 1.41. The van der Waals surface area contributed by atoms with Crippen LogP contribution in [0.2, 0.25) is 0 Å². The lowest BCUT2D eigenvalue weighted by Crippen LogP contribution is -2.56. The Morgan fingerprint density at radius 3 is 2.46 bits per heavy atom. The average Bonchev–Trinajstić information content (AvgIpc) is 2.93. The Hall–Kier alpha value is -4.45. The van der Waals surface area contributed by atoms with Crippen LogP contribution in [0, 0.1) is 5.82 Å². The van der Waals surface area contributed by atoms with Crippen LogP contribution in [0.5, 0.6) is 0 Å². The zero-order valence-electron chi connectivity index (χ0n) is 21.0. The van der Waals surface area contributed by atoms with Crippen LogP contribution in [-0.4, -0.2) is 71.8 Å². The molecule has 12 heteroatoms. The molecular weight excluding hydrogens is 513 g/mol. The first-order valence-electron chi connectivity index (χ1n) is 12.1. The first-order chi connectivity index (χ1) is 18.7. The van der Waals surface area contributed by atoms with Gasteiger partial charge < -0.3 is 15.1 Å². The van der Waals surface area contributed by atoms with E-state index in [9.17, 15) is 27.6 Å². The van der Waals surface area contributed by atoms with Crippen molar-refractivity contribution < 1.29 is 27.6 Å². The number of alkyl halides is 2. The van der Waals surface area contributed by atoms with Crippen molar-refractivity contribution in [1.29, 1.82) is 0 Å². The fraction of sp³-hybridized carbons (Fsp3) is 0.259. The van der Waals surface area contributed by atoms with Crippen LogP contribution in [-0.2, 0) is 11.2 Å². The summed E-state index contributed by atoms with van der Waals surface area (Å²) in [5, 5.41) is 2.91. The van der Waals surface area contributed by atoms with E-state index in [1.165, 1.54) is 12.1 Å². The predicted octanol–water partition coefficient (Wildman–Crippen LogP) is 3.30. The number of hydrogen-bond donors (Lipinski definition) is 3. The molecule has 1 atom stereocenters. The summed E-state index contributed by atoms with van der Waals surface area (Å²) in [7, 11) is 1.91. The van der Waals surface area contributed by atoms with Crippen molar-refractivity contribution in [1.82, 2.24) is 25.6 Å². The molecule has 0 saturated carbocycles. The van der Waals surface area contributed by atoms with Crippen LogP contribution in [0.1, 0.15) is 15.9 Å². The highest BCUT2D eigenvalue weighted by atomic mass is 19.3. The number of rotatable bonds is 6. The lowest BCUT2D eigenvalue weighted by Gasteiger charge is -2.40. The second-order valence-electron chi connectivity index (χ2n) is 9.11. The van der Waals surface area contributed by atoms with Gasteiger partial charge in [-0.25, -0.2) is 9.18 Å². The molecule has 1 aliphatic heterocycles. The molecule has 39 heavy (non-hydrogen) atoms. The molecule has 1 saturated heterocycles. The Morgan fingerprint density at radius 2 is 1.79 bits per heavy atom. The molecule has 2 heterocycles. The molecule has 9 nitrogen and oxygen atoms in total. The molecule has 1 aromatic heterocycles. The molecule has 0 radical (unpaired) electrons. The minimum absolute atomic E-state index is 0.157. The van der Waals surface area contributed by atoms with Gasteiger partial charge in [-0.15, -0.1) is 0 Å². The molecule has 2 aromatic carbocycles. The summed E-state index contributed by atoms with van der Waals surface area (Å²) in [6, 6.07) is 14.2. The number of halogens is 3. The summed E-state index contributed by atoms with van der Waals surface area (Å²) < 4.78 is 39.5. The number of benzene rings is 2. The number of anilines is 1. The number of aromatic nitrogens is 1. The summed E-state index contributed by atoms with van der Waals surface area (Å²) in [4.78, 5) is 44.0. The van der Waals surface area contributed by atoms with E-state index in [1.54, 1.807) is 34.9 Å². The number of likely N-dealkylation sites (N-methyl/N-ethyl adjacent to an activating group) is 1. The van der Waals surface area contributed by atoms with Crippen molar-refractivity contribution >= 4 is 23.5 Å². The predicted molar refractivity (Wildman–Crippen MR) is 138 cm³/mol. The maximum absolute atomic E-state index is 14.9. The second-order valence-corrected chi connectivity index (χ2v) is 9.11. The number of hydrogen-bond acceptors (Lipinski definition) is 5. The molecule has 3 aromatic rings. The summed E-state index contributed by atoms with van der Waals surface area (Å²) in [6.07, 6.45) is 0.339. The van der Waals surface area contributed by atoms with Crippen LogP contribution in [0.4, 0.5) is 23.7 Å². The Labute approximate surface area is 223 Å². The van der Waals surface area contributed by atoms with E-state index >= 15 is 0 Å². The third-order valence-electron chi connectivity index (χ3n) is 6.35. The molecule has 204 valence electrons. The van der Waals surface area contributed by atoms with Crippen molar-refractivity contribution in [2.24, 2.45) is 0 Å². The molecule has 0 bridgehead atoms. The lowest BCUT2D eigenvalue weighted by molar-refractivity contribution is -0.132. The lowest BCUT2D eigenvalue weighted by atomic mass is 10.0. The minimum Gasteiger partial charge on any atom is -0.319 e. The van der Waals surface area contributed by atoms with E-state index in [2.05, 4.69) is 10.3 Å². The summed E-state index contributed by atoms with van der Waals surface area (Å²) >= 11 is 0. The van der Waals surface area contributed by atoms with Gasteiger partial charge in [0.2, 0.25) is 0 Å². The van der Waals surface area contributed by atoms with Gasteiger partial charge in [-0.2, -0.15) is 8.78 Å². The van der Waals surface area contributed by atoms with Crippen molar-refractivity contribution in [3.8, 4) is 11.1 Å². The van der Waals surface area contributed by atoms with Crippen molar-refractivity contribution in [3.05, 3.63) is 83.9 Å². The smallest absolute Gasteiger partial charge is 0.319 e. The number of carbonyl (C=O) groups excluding carboxylic acids is 3. The van der Waals surface area contributed by atoms with Gasteiger partial charge in [0.15, 0.2) is 0 Å². The van der Waals surface area contributed by atoms with Crippen LogP contribution in [0.25, 0.3) is 11.1 Å². The van der Waals surface area contributed by atoms with Gasteiger partial charge in [0.25, 0.3) is 5.91 Å². The van der Waals surface area contributed by atoms with E-state index in [-0.39, 0.29) is 29.6 Å². The van der Waals surface area contributed by atoms with Crippen molar-refractivity contribution in [3.63, 3.8) is 0 Å². The van der Waals surface area contributed by atoms with Gasteiger partial charge >= 0.3 is 18.4 Å². The fourth-order valence-corrected chi connectivity index (χ4v) is 4.28. The van der Waals surface area contributed by atoms with E-state index < -0.39 is 24.1 Å². The van der Waals surface area contributed by atoms with E-state index in [1.807, 2.05) is 41.6 Å². The summed E-state index contributed by atoms with van der Waals surface area (Å²) in [6.45, 7) is 1.59. The molecule has 0 spiro atoms. The Morgan fingerprint density at radius 1 is 1.03 bits per heavy atom. The first kappa shape index (κ1) is 27.6. The summed E-state index contributed by atoms with van der Waals surface area (Å²) in [5.74, 6) is -3.31. The fourth-order valence-electron chi connectivity index (χ4n) is 4.28. The largest absolute Gasteiger partial charge is 0.322 e. The number of piperazine rings is 1. The molecule has 1 fully saturated rings. The van der Waals surface area contributed by atoms with Crippen LogP contribution in [0.15, 0.2) is 67.0 Å². The van der Waals surface area contributed by atoms with Crippen LogP contribution < -0.4 is 16.2 Å². The number of amides is 4. The number of hydrazine groups is 1. The van der Waals surface area contributed by atoms with Gasteiger partial charge in [0.05, 0.1) is 6.04 Å². The number of pyridine rings is 1. The Bertz CT molecular complexity index is 1320. The molecule has 3 N–H and O–H groups in total. The second kappa shape index (κ2) is 12.4. The highest BCUT2D eigenvalue weighted by Crippen LogP contribution is 2.22. The molecular formula is C27H27F3N6O3. The molecule has 1 aliphatic rings. The van der Waals surface area contributed by atoms with E-state index in [4.69, 9.17) is 0 Å². The first-order valence-corrected chi connectivity index (χ1v) is 12.1. The zero-order chi connectivity index (χ0) is 27.9. The molecule has 1 unspecified atom stereocenters. The van der Waals surface area contributed by atoms with E-state index in [0.717, 1.165) is 17.2 Å². The van der Waals surface area contributed by atoms with Gasteiger partial charge in [0, 0.05) is 43.3 Å². The Kier molecular flexibility index (Phi) is 8.77. The normalized spacial score (nSPS) is 15.6. The highest BCUT2D eigenvalue weighted by Gasteiger charge is 2.30. The third-order valence-corrected chi connectivity index (χ3v) is 6.35. The van der Waals surface area contributed by atoms with Gasteiger partial charge in [-0.3, -0.25) is 25.4 Å². The maximum Gasteiger partial charge on any atom is 0.322 e. The van der Waals surface area contributed by atoms with Crippen LogP contribution in [0.3, 0.4) is 0 Å². The summed E-state index contributed by atoms with van der Waals surface area (Å²) in [5.41, 5.74) is 6.04. The van der Waals surface area contributed by atoms with Crippen molar-refractivity contribution in [2.45, 2.75) is 18.9 Å². The molecule has 4 amide bonds. The molecule has 4 rings (SSSR count). The van der Waals surface area contributed by atoms with Crippen molar-refractivity contribution in [2.75, 3.05) is 32.0 Å². The number of carbonyl (C=O) groups is 3. The SMILES string of the molecule is CN1CCN(C(=O)Nc2ccc(-c3cccnc3)cc2)C(Cc2ccc(C(=O)NNC(=O)C(F)F)cc2F)C1. The van der Waals surface area contributed by atoms with Gasteiger partial charge in [-0.1, -0.05) is 24.3 Å². The topological polar surface area (TPSA) is 107 Å². The minimum atomic E-state index is -3.30. The maximum atomic E-state index is 14.9. The monoisotopic (exact) mass is 540 g/mol. The van der Waals surface area contributed by atoms with E-state index in [0.29, 0.717) is 25.3 Å². The average molecular weight is 541 g/mol. The standard InChI is InChI=1S/C27H27F3N6O3/c1-35-11-12-36(27(39)32-21-8-6-17(7-9-21)20-3-2-10-31-15-20)22(16-35)13-18-4-5-19(14-23(18)28)25(37)33-34-26(38)24(29)30/h2-10,14-15,22,24H,11-13,16H2,1H3,(H,32,39)(H,33,37)(H,34,38).